The van der Waals surface area contributed by atoms with Crippen LogP contribution in [0.2, 0.25) is 0 Å². The van der Waals surface area contributed by atoms with Gasteiger partial charge in [-0.25, -0.2) is 4.79 Å². The number of aromatic carboxylic acids is 1. The molecule has 0 aliphatic heterocycles. The average Bonchev–Trinajstić information content (AvgIpc) is 2.58. The Bertz CT molecular complexity index is 331. The van der Waals surface area contributed by atoms with Crippen molar-refractivity contribution in [1.82, 2.24) is 5.16 Å². The molecule has 0 bridgehead atoms. The monoisotopic (exact) mass is 211 g/mol. The fourth-order valence-electron chi connectivity index (χ4n) is 1.52. The Morgan fingerprint density at radius 2 is 2.07 bits per heavy atom. The second kappa shape index (κ2) is 5.53. The summed E-state index contributed by atoms with van der Waals surface area (Å²) in [7, 11) is 0. The van der Waals surface area contributed by atoms with Crippen molar-refractivity contribution in [3.8, 4) is 0 Å². The first kappa shape index (κ1) is 11.8. The summed E-state index contributed by atoms with van der Waals surface area (Å²) in [6.07, 6.45) is 4.15. The van der Waals surface area contributed by atoms with Crippen molar-refractivity contribution in [2.45, 2.75) is 46.0 Å². The van der Waals surface area contributed by atoms with Crippen LogP contribution in [0, 0.1) is 0 Å². The number of carbonyl (C=O) groups is 1. The van der Waals surface area contributed by atoms with E-state index >= 15 is 0 Å². The van der Waals surface area contributed by atoms with Gasteiger partial charge in [-0.1, -0.05) is 25.4 Å². The molecule has 0 aromatic carbocycles. The highest BCUT2D eigenvalue weighted by Gasteiger charge is 2.20. The van der Waals surface area contributed by atoms with Crippen LogP contribution in [0.3, 0.4) is 0 Å². The van der Waals surface area contributed by atoms with Gasteiger partial charge in [-0.05, 0) is 19.3 Å². The maximum absolute atomic E-state index is 11.0. The van der Waals surface area contributed by atoms with Crippen molar-refractivity contribution >= 4 is 5.97 Å². The first-order valence-corrected chi connectivity index (χ1v) is 5.41. The van der Waals surface area contributed by atoms with Crippen LogP contribution in [0.5, 0.6) is 0 Å². The number of aryl methyl sites for hydroxylation is 2. The van der Waals surface area contributed by atoms with Gasteiger partial charge in [-0.2, -0.15) is 0 Å². The smallest absolute Gasteiger partial charge is 0.341 e. The van der Waals surface area contributed by atoms with Crippen LogP contribution in [0.25, 0.3) is 0 Å². The summed E-state index contributed by atoms with van der Waals surface area (Å²) in [5.74, 6) is -0.415. The lowest BCUT2D eigenvalue weighted by molar-refractivity contribution is 0.0693. The standard InChI is InChI=1S/C11H17NO3/c1-3-5-7-8-10(11(13)14)9(6-4-2)15-12-8/h3-7H2,1-2H3,(H,13,14). The third-order valence-corrected chi connectivity index (χ3v) is 2.29. The highest BCUT2D eigenvalue weighted by Crippen LogP contribution is 2.18. The lowest BCUT2D eigenvalue weighted by atomic mass is 10.1. The Hall–Kier alpha value is -1.32. The van der Waals surface area contributed by atoms with E-state index in [4.69, 9.17) is 9.63 Å². The second-order valence-corrected chi connectivity index (χ2v) is 3.59. The van der Waals surface area contributed by atoms with E-state index in [9.17, 15) is 4.79 Å². The number of hydrogen-bond donors (Lipinski definition) is 1. The van der Waals surface area contributed by atoms with E-state index < -0.39 is 5.97 Å². The fraction of sp³-hybridized carbons (Fsp3) is 0.636. The highest BCUT2D eigenvalue weighted by atomic mass is 16.5. The number of hydrogen-bond acceptors (Lipinski definition) is 3. The SMILES string of the molecule is CCCCc1noc(CCC)c1C(=O)O. The predicted octanol–water partition coefficient (Wildman–Crippen LogP) is 2.67. The van der Waals surface area contributed by atoms with Crippen LogP contribution in [0.1, 0.15) is 54.9 Å². The van der Waals surface area contributed by atoms with Gasteiger partial charge in [0, 0.05) is 6.42 Å². The Morgan fingerprint density at radius 1 is 1.33 bits per heavy atom. The van der Waals surface area contributed by atoms with Gasteiger partial charge in [0.05, 0.1) is 5.69 Å². The van der Waals surface area contributed by atoms with Gasteiger partial charge < -0.3 is 9.63 Å². The molecule has 1 N–H and O–H groups in total. The van der Waals surface area contributed by atoms with Crippen LogP contribution >= 0.6 is 0 Å². The molecule has 4 nitrogen and oxygen atoms in total. The van der Waals surface area contributed by atoms with Gasteiger partial charge in [0.1, 0.15) is 5.56 Å². The topological polar surface area (TPSA) is 63.3 Å². The number of rotatable bonds is 6. The van der Waals surface area contributed by atoms with Crippen molar-refractivity contribution in [1.29, 1.82) is 0 Å². The van der Waals surface area contributed by atoms with Gasteiger partial charge >= 0.3 is 5.97 Å². The molecule has 1 aromatic heterocycles. The second-order valence-electron chi connectivity index (χ2n) is 3.59. The van der Waals surface area contributed by atoms with E-state index in [-0.39, 0.29) is 5.56 Å². The summed E-state index contributed by atoms with van der Waals surface area (Å²) in [6, 6.07) is 0. The molecule has 0 aliphatic rings. The van der Waals surface area contributed by atoms with E-state index in [2.05, 4.69) is 12.1 Å². The molecule has 0 atom stereocenters. The zero-order valence-electron chi connectivity index (χ0n) is 9.25. The molecule has 0 saturated carbocycles. The summed E-state index contributed by atoms with van der Waals surface area (Å²) in [5, 5.41) is 12.9. The predicted molar refractivity (Wildman–Crippen MR) is 56.1 cm³/mol. The van der Waals surface area contributed by atoms with Crippen molar-refractivity contribution in [3.05, 3.63) is 17.0 Å². The van der Waals surface area contributed by atoms with Gasteiger partial charge in [0.15, 0.2) is 5.76 Å². The molecular formula is C11H17NO3. The Balaban J connectivity index is 2.90. The number of aromatic nitrogens is 1. The molecule has 0 amide bonds. The van der Waals surface area contributed by atoms with Crippen molar-refractivity contribution in [3.63, 3.8) is 0 Å². The maximum atomic E-state index is 11.0. The molecule has 0 spiro atoms. The number of carboxylic acids is 1. The van der Waals surface area contributed by atoms with E-state index in [1.54, 1.807) is 0 Å². The summed E-state index contributed by atoms with van der Waals surface area (Å²) >= 11 is 0. The minimum atomic E-state index is -0.925. The first-order chi connectivity index (χ1) is 7.20. The molecule has 0 fully saturated rings. The quantitative estimate of drug-likeness (QED) is 0.785. The van der Waals surface area contributed by atoms with Crippen LogP contribution < -0.4 is 0 Å². The van der Waals surface area contributed by atoms with E-state index in [0.29, 0.717) is 24.3 Å². The van der Waals surface area contributed by atoms with Crippen LogP contribution in [0.4, 0.5) is 0 Å². The largest absolute Gasteiger partial charge is 0.477 e. The number of nitrogens with zero attached hydrogens (tertiary/aromatic N) is 1. The van der Waals surface area contributed by atoms with Crippen molar-refractivity contribution in [2.75, 3.05) is 0 Å². The Kier molecular flexibility index (Phi) is 4.34. The molecule has 1 rings (SSSR count). The zero-order chi connectivity index (χ0) is 11.3. The van der Waals surface area contributed by atoms with E-state index in [0.717, 1.165) is 19.3 Å². The summed E-state index contributed by atoms with van der Waals surface area (Å²) in [6.45, 7) is 4.05. The minimum absolute atomic E-state index is 0.283. The lowest BCUT2D eigenvalue weighted by Crippen LogP contribution is -2.03. The van der Waals surface area contributed by atoms with Gasteiger partial charge in [-0.3, -0.25) is 0 Å². The molecule has 15 heavy (non-hydrogen) atoms. The summed E-state index contributed by atoms with van der Waals surface area (Å²) in [4.78, 5) is 11.0. The average molecular weight is 211 g/mol. The molecule has 0 unspecified atom stereocenters. The molecule has 1 aromatic rings. The maximum Gasteiger partial charge on any atom is 0.341 e. The lowest BCUT2D eigenvalue weighted by Gasteiger charge is -1.97. The Morgan fingerprint density at radius 3 is 2.60 bits per heavy atom. The molecule has 84 valence electrons. The van der Waals surface area contributed by atoms with Crippen molar-refractivity contribution < 1.29 is 14.4 Å². The number of unbranched alkanes of at least 4 members (excludes halogenated alkanes) is 1. The molecule has 0 saturated heterocycles. The highest BCUT2D eigenvalue weighted by molar-refractivity contribution is 5.89. The molecule has 4 heteroatoms. The van der Waals surface area contributed by atoms with Crippen LogP contribution in [-0.2, 0) is 12.8 Å². The van der Waals surface area contributed by atoms with E-state index in [1.165, 1.54) is 0 Å². The molecule has 0 radical (unpaired) electrons. The molecule has 1 heterocycles. The first-order valence-electron chi connectivity index (χ1n) is 5.41. The van der Waals surface area contributed by atoms with Gasteiger partial charge in [-0.15, -0.1) is 0 Å². The van der Waals surface area contributed by atoms with Crippen LogP contribution in [-0.4, -0.2) is 16.2 Å². The Labute approximate surface area is 89.3 Å². The zero-order valence-corrected chi connectivity index (χ0v) is 9.25. The minimum Gasteiger partial charge on any atom is -0.477 e. The molecule has 0 aliphatic carbocycles. The molecular weight excluding hydrogens is 194 g/mol. The number of carboxylic acid groups (broad SMARTS) is 1. The van der Waals surface area contributed by atoms with Gasteiger partial charge in [0.2, 0.25) is 0 Å². The van der Waals surface area contributed by atoms with E-state index in [1.807, 2.05) is 6.92 Å². The third-order valence-electron chi connectivity index (χ3n) is 2.29. The fourth-order valence-corrected chi connectivity index (χ4v) is 1.52. The summed E-state index contributed by atoms with van der Waals surface area (Å²) in [5.41, 5.74) is 0.873. The van der Waals surface area contributed by atoms with Gasteiger partial charge in [0.25, 0.3) is 0 Å². The van der Waals surface area contributed by atoms with Crippen molar-refractivity contribution in [2.24, 2.45) is 0 Å². The normalized spacial score (nSPS) is 10.5. The van der Waals surface area contributed by atoms with Crippen LogP contribution in [0.15, 0.2) is 4.52 Å². The summed E-state index contributed by atoms with van der Waals surface area (Å²) < 4.78 is 5.06. The third kappa shape index (κ3) is 2.81.